The number of hydrogen-bond donors (Lipinski definition) is 2. The van der Waals surface area contributed by atoms with E-state index >= 15 is 0 Å². The summed E-state index contributed by atoms with van der Waals surface area (Å²) in [6.07, 6.45) is 2.23. The first-order valence-electron chi connectivity index (χ1n) is 9.05. The number of carbonyl (C=O) groups excluding carboxylic acids is 2. The highest BCUT2D eigenvalue weighted by atomic mass is 32.1. The number of Topliss-reactive ketones (excluding diaryl/α,β-unsaturated/α-hetero) is 1. The SMILES string of the molecule is CC1=C(C(=O)Nc2cccc(C)n2)C(c2ccsc2)C2=C(CCCC2=O)N1. The zero-order valence-electron chi connectivity index (χ0n) is 15.3. The Morgan fingerprint density at radius 2 is 2.11 bits per heavy atom. The molecule has 2 aliphatic rings. The molecule has 3 heterocycles. The van der Waals surface area contributed by atoms with E-state index in [1.807, 2.05) is 42.8 Å². The molecule has 1 amide bonds. The molecule has 6 heteroatoms. The van der Waals surface area contributed by atoms with Crippen molar-refractivity contribution in [2.75, 3.05) is 5.32 Å². The van der Waals surface area contributed by atoms with E-state index in [1.54, 1.807) is 17.4 Å². The second kappa shape index (κ2) is 7.12. The number of nitrogens with one attached hydrogen (secondary N) is 2. The van der Waals surface area contributed by atoms with Gasteiger partial charge in [-0.3, -0.25) is 9.59 Å². The second-order valence-corrected chi connectivity index (χ2v) is 7.72. The number of nitrogens with zero attached hydrogens (tertiary/aromatic N) is 1. The monoisotopic (exact) mass is 379 g/mol. The number of pyridine rings is 1. The molecule has 0 saturated heterocycles. The molecule has 1 unspecified atom stereocenters. The molecule has 0 spiro atoms. The lowest BCUT2D eigenvalue weighted by molar-refractivity contribution is -0.116. The molecule has 0 fully saturated rings. The minimum atomic E-state index is -0.329. The third-order valence-corrected chi connectivity index (χ3v) is 5.73. The van der Waals surface area contributed by atoms with Crippen molar-refractivity contribution in [1.29, 1.82) is 0 Å². The Morgan fingerprint density at radius 1 is 1.26 bits per heavy atom. The number of ketones is 1. The molecular formula is C21H21N3O2S. The number of aryl methyl sites for hydroxylation is 1. The zero-order chi connectivity index (χ0) is 19.0. The van der Waals surface area contributed by atoms with Crippen LogP contribution in [0.2, 0.25) is 0 Å². The molecule has 2 N–H and O–H groups in total. The van der Waals surface area contributed by atoms with Gasteiger partial charge < -0.3 is 10.6 Å². The third-order valence-electron chi connectivity index (χ3n) is 5.03. The molecule has 5 nitrogen and oxygen atoms in total. The van der Waals surface area contributed by atoms with E-state index in [9.17, 15) is 9.59 Å². The Hall–Kier alpha value is -2.73. The van der Waals surface area contributed by atoms with Gasteiger partial charge in [0, 0.05) is 40.6 Å². The van der Waals surface area contributed by atoms with E-state index < -0.39 is 0 Å². The molecule has 27 heavy (non-hydrogen) atoms. The number of amides is 1. The Bertz CT molecular complexity index is 973. The van der Waals surface area contributed by atoms with Crippen molar-refractivity contribution >= 4 is 28.8 Å². The Labute approximate surface area is 162 Å². The first kappa shape index (κ1) is 17.7. The summed E-state index contributed by atoms with van der Waals surface area (Å²) in [6, 6.07) is 7.51. The highest BCUT2D eigenvalue weighted by Gasteiger charge is 2.38. The van der Waals surface area contributed by atoms with Crippen molar-refractivity contribution < 1.29 is 9.59 Å². The van der Waals surface area contributed by atoms with E-state index in [0.717, 1.165) is 41.1 Å². The summed E-state index contributed by atoms with van der Waals surface area (Å²) in [5, 5.41) is 10.2. The first-order chi connectivity index (χ1) is 13.0. The van der Waals surface area contributed by atoms with Gasteiger partial charge in [-0.2, -0.15) is 11.3 Å². The Balaban J connectivity index is 1.75. The normalized spacial score (nSPS) is 19.6. The van der Waals surface area contributed by atoms with Crippen molar-refractivity contribution in [3.05, 3.63) is 68.8 Å². The molecule has 4 rings (SSSR count). The van der Waals surface area contributed by atoms with Gasteiger partial charge in [0.25, 0.3) is 5.91 Å². The highest BCUT2D eigenvalue weighted by molar-refractivity contribution is 7.08. The van der Waals surface area contributed by atoms with Gasteiger partial charge >= 0.3 is 0 Å². The largest absolute Gasteiger partial charge is 0.362 e. The van der Waals surface area contributed by atoms with Crippen LogP contribution in [-0.4, -0.2) is 16.7 Å². The van der Waals surface area contributed by atoms with Crippen LogP contribution in [0.4, 0.5) is 5.82 Å². The van der Waals surface area contributed by atoms with Crippen LogP contribution in [-0.2, 0) is 9.59 Å². The Kier molecular flexibility index (Phi) is 4.66. The van der Waals surface area contributed by atoms with E-state index in [2.05, 4.69) is 15.6 Å². The fraction of sp³-hybridized carbons (Fsp3) is 0.286. The number of aromatic nitrogens is 1. The molecule has 0 radical (unpaired) electrons. The smallest absolute Gasteiger partial charge is 0.255 e. The molecule has 0 aromatic carbocycles. The minimum absolute atomic E-state index is 0.131. The Morgan fingerprint density at radius 3 is 2.85 bits per heavy atom. The molecule has 0 saturated carbocycles. The summed E-state index contributed by atoms with van der Waals surface area (Å²) in [5.74, 6) is 0.0925. The van der Waals surface area contributed by atoms with Gasteiger partial charge in [0.15, 0.2) is 5.78 Å². The van der Waals surface area contributed by atoms with Crippen LogP contribution < -0.4 is 10.6 Å². The zero-order valence-corrected chi connectivity index (χ0v) is 16.2. The maximum Gasteiger partial charge on any atom is 0.255 e. The average molecular weight is 379 g/mol. The van der Waals surface area contributed by atoms with Crippen LogP contribution in [0.25, 0.3) is 0 Å². The predicted molar refractivity (Wildman–Crippen MR) is 106 cm³/mol. The third kappa shape index (κ3) is 3.32. The van der Waals surface area contributed by atoms with E-state index in [4.69, 9.17) is 0 Å². The number of thiophene rings is 1. The number of carbonyl (C=O) groups is 2. The first-order valence-corrected chi connectivity index (χ1v) is 10.00. The quantitative estimate of drug-likeness (QED) is 0.844. The van der Waals surface area contributed by atoms with Crippen molar-refractivity contribution in [1.82, 2.24) is 10.3 Å². The minimum Gasteiger partial charge on any atom is -0.362 e. The number of rotatable bonds is 3. The van der Waals surface area contributed by atoms with Crippen LogP contribution in [0.15, 0.2) is 57.6 Å². The van der Waals surface area contributed by atoms with Crippen molar-refractivity contribution in [2.24, 2.45) is 0 Å². The summed E-state index contributed by atoms with van der Waals surface area (Å²) in [6.45, 7) is 3.79. The average Bonchev–Trinajstić information content (AvgIpc) is 3.15. The maximum atomic E-state index is 13.2. The lowest BCUT2D eigenvalue weighted by Gasteiger charge is -2.34. The van der Waals surface area contributed by atoms with E-state index in [0.29, 0.717) is 17.8 Å². The molecule has 2 aromatic heterocycles. The van der Waals surface area contributed by atoms with Gasteiger partial charge in [-0.05, 0) is 61.2 Å². The van der Waals surface area contributed by atoms with Crippen LogP contribution in [0, 0.1) is 6.92 Å². The summed E-state index contributed by atoms with van der Waals surface area (Å²) in [7, 11) is 0. The number of allylic oxidation sites excluding steroid dienone is 3. The lowest BCUT2D eigenvalue weighted by Crippen LogP contribution is -2.35. The van der Waals surface area contributed by atoms with Crippen molar-refractivity contribution in [3.63, 3.8) is 0 Å². The fourth-order valence-corrected chi connectivity index (χ4v) is 4.54. The fourth-order valence-electron chi connectivity index (χ4n) is 3.85. The van der Waals surface area contributed by atoms with Crippen LogP contribution in [0.3, 0.4) is 0 Å². The molecule has 1 atom stereocenters. The second-order valence-electron chi connectivity index (χ2n) is 6.94. The van der Waals surface area contributed by atoms with E-state index in [1.165, 1.54) is 0 Å². The van der Waals surface area contributed by atoms with Gasteiger partial charge in [0.05, 0.1) is 0 Å². The maximum absolute atomic E-state index is 13.2. The van der Waals surface area contributed by atoms with Crippen LogP contribution >= 0.6 is 11.3 Å². The number of anilines is 1. The van der Waals surface area contributed by atoms with Crippen LogP contribution in [0.1, 0.15) is 43.4 Å². The molecule has 1 aliphatic carbocycles. The summed E-state index contributed by atoms with van der Waals surface area (Å²) >= 11 is 1.57. The molecule has 0 bridgehead atoms. The van der Waals surface area contributed by atoms with Gasteiger partial charge in [-0.25, -0.2) is 4.98 Å². The van der Waals surface area contributed by atoms with E-state index in [-0.39, 0.29) is 17.6 Å². The van der Waals surface area contributed by atoms with Gasteiger partial charge in [0.1, 0.15) is 5.82 Å². The van der Waals surface area contributed by atoms with Crippen molar-refractivity contribution in [2.45, 2.75) is 39.0 Å². The number of hydrogen-bond acceptors (Lipinski definition) is 5. The van der Waals surface area contributed by atoms with Crippen molar-refractivity contribution in [3.8, 4) is 0 Å². The topological polar surface area (TPSA) is 71.1 Å². The van der Waals surface area contributed by atoms with Crippen LogP contribution in [0.5, 0.6) is 0 Å². The molecule has 1 aliphatic heterocycles. The van der Waals surface area contributed by atoms with Gasteiger partial charge in [-0.15, -0.1) is 0 Å². The summed E-state index contributed by atoms with van der Waals surface area (Å²) in [5.41, 5.74) is 4.92. The lowest BCUT2D eigenvalue weighted by atomic mass is 9.75. The van der Waals surface area contributed by atoms with Gasteiger partial charge in [0.2, 0.25) is 0 Å². The summed E-state index contributed by atoms with van der Waals surface area (Å²) < 4.78 is 0. The summed E-state index contributed by atoms with van der Waals surface area (Å²) in [4.78, 5) is 30.3. The molecule has 2 aromatic rings. The standard InChI is InChI=1S/C21H21N3O2S/c1-12-5-3-8-17(22-12)24-21(26)18-13(2)23-15-6-4-7-16(25)20(15)19(18)14-9-10-27-11-14/h3,5,8-11,19,23H,4,6-7H2,1-2H3,(H,22,24,26). The number of dihydropyridines is 1. The predicted octanol–water partition coefficient (Wildman–Crippen LogP) is 4.06. The highest BCUT2D eigenvalue weighted by Crippen LogP contribution is 2.42. The van der Waals surface area contributed by atoms with Gasteiger partial charge in [-0.1, -0.05) is 6.07 Å². The molecule has 138 valence electrons. The molecular weight excluding hydrogens is 358 g/mol.